The van der Waals surface area contributed by atoms with E-state index < -0.39 is 24.3 Å². The minimum absolute atomic E-state index is 0.129. The molecule has 2 rings (SSSR count). The number of phenols is 1. The van der Waals surface area contributed by atoms with Crippen LogP contribution in [0.4, 0.5) is 0 Å². The van der Waals surface area contributed by atoms with E-state index in [1.807, 2.05) is 33.8 Å². The molecule has 1 fully saturated rings. The zero-order chi connectivity index (χ0) is 14.4. The number of hydrogen-bond acceptors (Lipinski definition) is 4. The number of benzene rings is 1. The van der Waals surface area contributed by atoms with Gasteiger partial charge in [-0.1, -0.05) is 12.1 Å². The van der Waals surface area contributed by atoms with Gasteiger partial charge in [0, 0.05) is 5.56 Å². The number of rotatable bonds is 2. The molecular weight excluding hydrogens is 309 g/mol. The number of nitrogens with two attached hydrogens (primary N) is 1. The minimum atomic E-state index is -0.579. The molecule has 0 amide bonds. The van der Waals surface area contributed by atoms with Gasteiger partial charge in [-0.15, -0.1) is 0 Å². The van der Waals surface area contributed by atoms with E-state index in [2.05, 4.69) is 15.9 Å². The van der Waals surface area contributed by atoms with Crippen molar-refractivity contribution in [1.82, 2.24) is 0 Å². The largest absolute Gasteiger partial charge is 0.506 e. The SMILES string of the molecule is CC1(C)OB([C@H](N)c2cccc(Br)c2O)OC1(C)C. The van der Waals surface area contributed by atoms with E-state index in [9.17, 15) is 5.11 Å². The first-order valence-electron chi connectivity index (χ1n) is 6.24. The molecule has 6 heteroatoms. The lowest BCUT2D eigenvalue weighted by molar-refractivity contribution is 0.00578. The molecule has 0 aliphatic carbocycles. The summed E-state index contributed by atoms with van der Waals surface area (Å²) >= 11 is 3.28. The van der Waals surface area contributed by atoms with Crippen LogP contribution in [0.5, 0.6) is 5.75 Å². The first-order chi connectivity index (χ1) is 8.66. The summed E-state index contributed by atoms with van der Waals surface area (Å²) < 4.78 is 12.4. The van der Waals surface area contributed by atoms with Crippen molar-refractivity contribution in [2.24, 2.45) is 5.73 Å². The second kappa shape index (κ2) is 4.77. The van der Waals surface area contributed by atoms with Crippen molar-refractivity contribution in [2.45, 2.75) is 44.8 Å². The van der Waals surface area contributed by atoms with Crippen molar-refractivity contribution in [2.75, 3.05) is 0 Å². The number of para-hydroxylation sites is 1. The highest BCUT2D eigenvalue weighted by atomic mass is 79.9. The molecule has 1 aromatic rings. The average Bonchev–Trinajstić information content (AvgIpc) is 2.51. The molecule has 3 N–H and O–H groups in total. The molecule has 1 atom stereocenters. The summed E-state index contributed by atoms with van der Waals surface area (Å²) in [6.45, 7) is 7.89. The third-order valence-electron chi connectivity index (χ3n) is 3.94. The predicted octanol–water partition coefficient (Wildman–Crippen LogP) is 2.79. The van der Waals surface area contributed by atoms with Gasteiger partial charge in [0.2, 0.25) is 0 Å². The summed E-state index contributed by atoms with van der Waals surface area (Å²) in [6, 6.07) is 5.36. The summed E-state index contributed by atoms with van der Waals surface area (Å²) in [7, 11) is -0.579. The minimum Gasteiger partial charge on any atom is -0.506 e. The molecule has 4 nitrogen and oxygen atoms in total. The van der Waals surface area contributed by atoms with Gasteiger partial charge in [-0.25, -0.2) is 0 Å². The maximum atomic E-state index is 10.1. The van der Waals surface area contributed by atoms with Crippen LogP contribution >= 0.6 is 15.9 Å². The Morgan fingerprint density at radius 3 is 2.26 bits per heavy atom. The molecule has 19 heavy (non-hydrogen) atoms. The summed E-state index contributed by atoms with van der Waals surface area (Å²) in [6.07, 6.45) is 0. The van der Waals surface area contributed by atoms with E-state index in [0.717, 1.165) is 0 Å². The maximum Gasteiger partial charge on any atom is 0.480 e. The van der Waals surface area contributed by atoms with Gasteiger partial charge in [0.15, 0.2) is 0 Å². The third-order valence-corrected chi connectivity index (χ3v) is 4.58. The van der Waals surface area contributed by atoms with Gasteiger partial charge in [-0.05, 0) is 49.7 Å². The molecule has 0 radical (unpaired) electrons. The molecule has 0 saturated carbocycles. The molecule has 1 heterocycles. The zero-order valence-electron chi connectivity index (χ0n) is 11.6. The van der Waals surface area contributed by atoms with Crippen molar-refractivity contribution < 1.29 is 14.4 Å². The molecule has 0 spiro atoms. The Hall–Kier alpha value is -0.555. The van der Waals surface area contributed by atoms with Crippen LogP contribution in [0.15, 0.2) is 22.7 Å². The fourth-order valence-electron chi connectivity index (χ4n) is 1.98. The quantitative estimate of drug-likeness (QED) is 0.820. The Bertz CT molecular complexity index is 477. The van der Waals surface area contributed by atoms with E-state index in [1.54, 1.807) is 12.1 Å². The molecule has 1 aliphatic heterocycles. The lowest BCUT2D eigenvalue weighted by atomic mass is 9.74. The molecule has 1 aliphatic rings. The Kier molecular flexibility index (Phi) is 3.73. The topological polar surface area (TPSA) is 64.7 Å². The molecule has 0 bridgehead atoms. The summed E-state index contributed by atoms with van der Waals surface area (Å²) in [4.78, 5) is 0. The van der Waals surface area contributed by atoms with E-state index in [0.29, 0.717) is 10.0 Å². The van der Waals surface area contributed by atoms with Gasteiger partial charge >= 0.3 is 7.12 Å². The molecule has 1 aromatic carbocycles. The monoisotopic (exact) mass is 327 g/mol. The molecular formula is C13H19BBrNO3. The highest BCUT2D eigenvalue weighted by Gasteiger charge is 2.53. The summed E-state index contributed by atoms with van der Waals surface area (Å²) in [5.74, 6) is -0.414. The lowest BCUT2D eigenvalue weighted by Gasteiger charge is -2.32. The van der Waals surface area contributed by atoms with Gasteiger partial charge < -0.3 is 20.1 Å². The maximum absolute atomic E-state index is 10.1. The van der Waals surface area contributed by atoms with E-state index in [1.165, 1.54) is 0 Å². The van der Waals surface area contributed by atoms with Crippen LogP contribution in [-0.4, -0.2) is 23.4 Å². The fourth-order valence-corrected chi connectivity index (χ4v) is 2.36. The van der Waals surface area contributed by atoms with Gasteiger partial charge in [-0.2, -0.15) is 0 Å². The summed E-state index contributed by atoms with van der Waals surface area (Å²) in [5.41, 5.74) is 5.92. The Morgan fingerprint density at radius 2 is 1.74 bits per heavy atom. The van der Waals surface area contributed by atoms with Gasteiger partial charge in [0.1, 0.15) is 5.75 Å². The zero-order valence-corrected chi connectivity index (χ0v) is 13.2. The van der Waals surface area contributed by atoms with E-state index >= 15 is 0 Å². The van der Waals surface area contributed by atoms with Crippen LogP contribution in [-0.2, 0) is 9.31 Å². The Morgan fingerprint density at radius 1 is 1.21 bits per heavy atom. The average molecular weight is 328 g/mol. The molecule has 0 unspecified atom stereocenters. The number of aromatic hydroxyl groups is 1. The lowest BCUT2D eigenvalue weighted by Crippen LogP contribution is -2.41. The molecule has 1 saturated heterocycles. The van der Waals surface area contributed by atoms with Gasteiger partial charge in [0.05, 0.1) is 21.6 Å². The smallest absolute Gasteiger partial charge is 0.480 e. The predicted molar refractivity (Wildman–Crippen MR) is 78.8 cm³/mol. The van der Waals surface area contributed by atoms with E-state index in [4.69, 9.17) is 15.0 Å². The third kappa shape index (κ3) is 2.54. The number of halogens is 1. The van der Waals surface area contributed by atoms with Crippen LogP contribution < -0.4 is 5.73 Å². The summed E-state index contributed by atoms with van der Waals surface area (Å²) in [5, 5.41) is 10.1. The van der Waals surface area contributed by atoms with Gasteiger partial charge in [0.25, 0.3) is 0 Å². The first kappa shape index (κ1) is 14.8. The Labute approximate surface area is 122 Å². The second-order valence-electron chi connectivity index (χ2n) is 5.83. The Balaban J connectivity index is 2.27. The number of hydrogen-bond donors (Lipinski definition) is 2. The van der Waals surface area contributed by atoms with Crippen LogP contribution in [0.1, 0.15) is 39.2 Å². The van der Waals surface area contributed by atoms with Crippen LogP contribution in [0, 0.1) is 0 Å². The second-order valence-corrected chi connectivity index (χ2v) is 6.68. The van der Waals surface area contributed by atoms with Crippen LogP contribution in [0.25, 0.3) is 0 Å². The normalized spacial score (nSPS) is 22.5. The molecule has 104 valence electrons. The first-order valence-corrected chi connectivity index (χ1v) is 7.03. The van der Waals surface area contributed by atoms with Crippen molar-refractivity contribution in [3.8, 4) is 5.75 Å². The van der Waals surface area contributed by atoms with Crippen LogP contribution in [0.3, 0.4) is 0 Å². The highest BCUT2D eigenvalue weighted by Crippen LogP contribution is 2.41. The standard InChI is InChI=1S/C13H19BBrNO3/c1-12(2)13(3,4)19-14(18-12)11(16)8-6-5-7-9(15)10(8)17/h5-7,11,17H,16H2,1-4H3/t11-/m1/s1. The van der Waals surface area contributed by atoms with E-state index in [-0.39, 0.29) is 5.75 Å². The van der Waals surface area contributed by atoms with Crippen molar-refractivity contribution in [1.29, 1.82) is 0 Å². The number of phenolic OH excluding ortho intramolecular Hbond substituents is 1. The van der Waals surface area contributed by atoms with Gasteiger partial charge in [-0.3, -0.25) is 0 Å². The van der Waals surface area contributed by atoms with Crippen molar-refractivity contribution in [3.05, 3.63) is 28.2 Å². The van der Waals surface area contributed by atoms with Crippen LogP contribution in [0.2, 0.25) is 0 Å². The fraction of sp³-hybridized carbons (Fsp3) is 0.538. The highest BCUT2D eigenvalue weighted by molar-refractivity contribution is 9.10. The molecule has 0 aromatic heterocycles. The van der Waals surface area contributed by atoms with Crippen molar-refractivity contribution >= 4 is 23.0 Å². The van der Waals surface area contributed by atoms with Crippen molar-refractivity contribution in [3.63, 3.8) is 0 Å².